The van der Waals surface area contributed by atoms with Crippen LogP contribution < -0.4 is 9.79 Å². The SMILES string of the molecule is CC(C)(C)OOOOOOOOOOOOOOOOOOOOOOOOOP(=O)([O-])O/C=C\OOOOOOOOOOOOOOOOOOOOOOOOCCOP(=O)([O-])OC(C)(C)C. The minimum absolute atomic E-state index is 0.214. The van der Waals surface area contributed by atoms with E-state index in [1.54, 1.807) is 20.8 Å². The zero-order valence-electron chi connectivity index (χ0n) is 33.3. The molecule has 58 heteroatoms. The predicted molar refractivity (Wildman–Crippen MR) is 130 cm³/mol. The second-order valence-electron chi connectivity index (χ2n) is 9.56. The van der Waals surface area contributed by atoms with Crippen LogP contribution in [0.5, 0.6) is 0 Å². The van der Waals surface area contributed by atoms with E-state index < -0.39 is 40.1 Å². The summed E-state index contributed by atoms with van der Waals surface area (Å²) in [5.41, 5.74) is -1.75. The maximum Gasteiger partial charge on any atom is 0.351 e. The zero-order valence-corrected chi connectivity index (χ0v) is 35.1. The molecule has 0 bridgehead atoms. The van der Waals surface area contributed by atoms with E-state index in [1.165, 1.54) is 20.8 Å². The van der Waals surface area contributed by atoms with Crippen LogP contribution in [-0.4, -0.2) is 24.4 Å². The van der Waals surface area contributed by atoms with Gasteiger partial charge in [-0.15, -0.1) is 4.67 Å². The molecule has 0 aromatic heterocycles. The minimum atomic E-state index is -5.34. The first-order valence-corrected chi connectivity index (χ1v) is 17.5. The van der Waals surface area contributed by atoms with Crippen molar-refractivity contribution in [2.45, 2.75) is 52.7 Å². The van der Waals surface area contributed by atoms with Gasteiger partial charge < -0.3 is 28.2 Å². The van der Waals surface area contributed by atoms with Gasteiger partial charge in [0.25, 0.3) is 7.82 Å². The minimum Gasteiger partial charge on any atom is -0.756 e. The Hall–Kier alpha value is -2.28. The quantitative estimate of drug-likeness (QED) is 0.0228. The van der Waals surface area contributed by atoms with Crippen molar-refractivity contribution >= 4 is 15.6 Å². The van der Waals surface area contributed by atoms with Crippen molar-refractivity contribution in [1.29, 1.82) is 0 Å². The number of phosphoric ester groups is 2. The fourth-order valence-corrected chi connectivity index (χ4v) is 2.76. The van der Waals surface area contributed by atoms with Crippen LogP contribution in [-0.2, 0) is 269 Å². The number of hydrogen-bond acceptors (Lipinski definition) is 56. The van der Waals surface area contributed by atoms with Gasteiger partial charge in [0.15, 0.2) is 6.26 Å². The molecule has 0 saturated carbocycles. The molecule has 0 aromatic rings. The molecule has 70 heavy (non-hydrogen) atoms. The average molecular weight is 1130 g/mol. The first-order valence-electron chi connectivity index (χ1n) is 14.6. The Balaban J connectivity index is 3.31. The van der Waals surface area contributed by atoms with Gasteiger partial charge in [0.2, 0.25) is 0 Å². The Morgan fingerprint density at radius 1 is 0.329 bits per heavy atom. The molecule has 0 N–H and O–H groups in total. The highest BCUT2D eigenvalue weighted by atomic mass is 31.2. The highest BCUT2D eigenvalue weighted by Gasteiger charge is 2.20. The zero-order chi connectivity index (χ0) is 51.6. The van der Waals surface area contributed by atoms with E-state index in [-0.39, 0.29) is 6.26 Å². The summed E-state index contributed by atoms with van der Waals surface area (Å²) in [6.45, 7) is 8.28. The molecular weight excluding hydrogens is 1100 g/mol. The number of hydrogen-bond donors (Lipinski definition) is 0. The van der Waals surface area contributed by atoms with Crippen molar-refractivity contribution < 1.29 is 279 Å². The van der Waals surface area contributed by atoms with Gasteiger partial charge in [-0.2, -0.15) is 4.89 Å². The second-order valence-corrected chi connectivity index (χ2v) is 12.1. The van der Waals surface area contributed by atoms with Crippen molar-refractivity contribution in [3.63, 3.8) is 0 Å². The van der Waals surface area contributed by atoms with Gasteiger partial charge in [-0.1, -0.05) is 0 Å². The fourth-order valence-electron chi connectivity index (χ4n) is 1.41. The number of phosphoric acid groups is 2. The van der Waals surface area contributed by atoms with E-state index >= 15 is 0 Å². The van der Waals surface area contributed by atoms with E-state index in [1.807, 2.05) is 0 Å². The van der Waals surface area contributed by atoms with Crippen LogP contribution >= 0.6 is 15.6 Å². The van der Waals surface area contributed by atoms with E-state index in [9.17, 15) is 18.9 Å². The van der Waals surface area contributed by atoms with Gasteiger partial charge in [-0.3, -0.25) is 9.13 Å². The lowest BCUT2D eigenvalue weighted by atomic mass is 10.2. The van der Waals surface area contributed by atoms with Gasteiger partial charge in [0, 0.05) is 106 Å². The molecule has 0 amide bonds. The molecule has 0 radical (unpaired) electrons. The molecule has 0 aliphatic carbocycles. The van der Waals surface area contributed by atoms with Crippen LogP contribution in [0.15, 0.2) is 12.5 Å². The lowest BCUT2D eigenvalue weighted by Crippen LogP contribution is -2.23. The molecule has 420 valence electrons. The third kappa shape index (κ3) is 58.3. The highest BCUT2D eigenvalue weighted by molar-refractivity contribution is 7.46. The Bertz CT molecular complexity index is 1210. The Labute approximate surface area is 373 Å². The summed E-state index contributed by atoms with van der Waals surface area (Å²) in [5, 5.41) is 161. The summed E-state index contributed by atoms with van der Waals surface area (Å²) < 4.78 is 39.3. The lowest BCUT2D eigenvalue weighted by Gasteiger charge is -2.30. The largest absolute Gasteiger partial charge is 0.756 e. The molecule has 0 spiro atoms. The van der Waals surface area contributed by atoms with Gasteiger partial charge in [-0.25, -0.2) is 4.89 Å². The van der Waals surface area contributed by atoms with Crippen molar-refractivity contribution in [3.8, 4) is 0 Å². The van der Waals surface area contributed by atoms with Crippen LogP contribution in [0.1, 0.15) is 41.5 Å². The summed E-state index contributed by atoms with van der Waals surface area (Å²) in [6.07, 6.45) is 0.522. The normalized spacial score (nSPS) is 14.1. The van der Waals surface area contributed by atoms with E-state index in [4.69, 9.17) is 0 Å². The summed E-state index contributed by atoms with van der Waals surface area (Å²) in [4.78, 5) is 35.5. The third-order valence-electron chi connectivity index (χ3n) is 2.79. The molecule has 2 unspecified atom stereocenters. The summed E-state index contributed by atoms with van der Waals surface area (Å²) in [6, 6.07) is 0. The molecule has 0 fully saturated rings. The van der Waals surface area contributed by atoms with Gasteiger partial charge in [0.05, 0.1) is 17.8 Å². The van der Waals surface area contributed by atoms with Crippen molar-refractivity contribution in [1.82, 2.24) is 0 Å². The Morgan fingerprint density at radius 3 is 0.929 bits per heavy atom. The lowest BCUT2D eigenvalue weighted by molar-refractivity contribution is -0.900. The van der Waals surface area contributed by atoms with Gasteiger partial charge in [0.1, 0.15) is 12.9 Å². The molecule has 2 atom stereocenters. The predicted octanol–water partition coefficient (Wildman–Crippen LogP) is -1.14. The fraction of sp³-hybridized carbons (Fsp3) is 0.833. The average Bonchev–Trinajstić information content (AvgIpc) is 3.28. The molecule has 0 aliphatic rings. The van der Waals surface area contributed by atoms with Crippen molar-refractivity contribution in [2.75, 3.05) is 13.2 Å². The summed E-state index contributed by atoms with van der Waals surface area (Å²) >= 11 is 0. The topological polar surface area (TPSA) is 560 Å². The summed E-state index contributed by atoms with van der Waals surface area (Å²) in [5.74, 6) is 0. The molecule has 0 saturated heterocycles. The molecule has 0 rings (SSSR count). The molecular formula is C12H24O56P2-2. The van der Waals surface area contributed by atoms with Crippen molar-refractivity contribution in [2.24, 2.45) is 0 Å². The third-order valence-corrected chi connectivity index (χ3v) is 4.68. The molecule has 0 heterocycles. The second kappa shape index (κ2) is 47.7. The maximum atomic E-state index is 11.4. The smallest absolute Gasteiger partial charge is 0.351 e. The molecule has 0 aliphatic heterocycles. The van der Waals surface area contributed by atoms with E-state index in [0.717, 1.165) is 0 Å². The van der Waals surface area contributed by atoms with Crippen molar-refractivity contribution in [3.05, 3.63) is 12.5 Å². The Morgan fingerprint density at radius 2 is 0.614 bits per heavy atom. The molecule has 56 nitrogen and oxygen atoms in total. The standard InChI is InChI=1S/C12H26O56P2/c1-11(2,3)21-25-28-31-34-37-40-43-46-49-52-55-56-57-58-59-60-61-62-63-64-65-66-67-68-70(15,16)20-10-8-18-24-27-30-33-36-39-42-45-48-51-54-53-50-47-44-41-38-35-32-29-26-23-17-7-9-19-69(13,14)22-12(4,5)6/h8,10H,7,9H2,1-6H3,(H,13,14)(H,15,16)/p-2/b10-8-. The van der Waals surface area contributed by atoms with Crippen LogP contribution in [0.3, 0.4) is 0 Å². The van der Waals surface area contributed by atoms with E-state index in [2.05, 4.69) is 260 Å². The van der Waals surface area contributed by atoms with Gasteiger partial charge >= 0.3 is 7.82 Å². The van der Waals surface area contributed by atoms with Crippen LogP contribution in [0.2, 0.25) is 0 Å². The number of rotatable bonds is 56. The molecule has 0 aromatic carbocycles. The highest BCUT2D eigenvalue weighted by Crippen LogP contribution is 2.42. The first kappa shape index (κ1) is 67.7. The van der Waals surface area contributed by atoms with Crippen LogP contribution in [0, 0.1) is 0 Å². The van der Waals surface area contributed by atoms with Crippen LogP contribution in [0.25, 0.3) is 0 Å². The first-order chi connectivity index (χ1) is 33.6. The maximum absolute atomic E-state index is 11.4. The summed E-state index contributed by atoms with van der Waals surface area (Å²) in [7, 11) is -9.93. The van der Waals surface area contributed by atoms with Crippen LogP contribution in [0.4, 0.5) is 0 Å². The van der Waals surface area contributed by atoms with Gasteiger partial charge in [-0.05, 0) is 162 Å². The monoisotopic (exact) mass is 1130 g/mol. The Kier molecular flexibility index (Phi) is 46.2. The van der Waals surface area contributed by atoms with E-state index in [0.29, 0.717) is 6.26 Å².